The average molecular weight is 336 g/mol. The molecule has 0 bridgehead atoms. The normalized spacial score (nSPS) is 25.2. The van der Waals surface area contributed by atoms with E-state index in [1.165, 1.54) is 25.7 Å². The summed E-state index contributed by atoms with van der Waals surface area (Å²) < 4.78 is 0. The third-order valence-electron chi connectivity index (χ3n) is 6.05. The Hall–Kier alpha value is -1.87. The number of fused-ring (bicyclic) bond motifs is 1. The van der Waals surface area contributed by atoms with Gasteiger partial charge in [-0.2, -0.15) is 0 Å². The number of amides is 1. The van der Waals surface area contributed by atoms with Gasteiger partial charge in [-0.15, -0.1) is 0 Å². The van der Waals surface area contributed by atoms with Crippen molar-refractivity contribution >= 4 is 16.7 Å². The van der Waals surface area contributed by atoms with E-state index in [1.54, 1.807) is 0 Å². The number of carbonyl (C=O) groups excluding carboxylic acids is 1. The lowest BCUT2D eigenvalue weighted by molar-refractivity contribution is 0.0490. The van der Waals surface area contributed by atoms with Crippen molar-refractivity contribution in [2.24, 2.45) is 5.92 Å². The lowest BCUT2D eigenvalue weighted by Crippen LogP contribution is -2.52. The fourth-order valence-electron chi connectivity index (χ4n) is 4.61. The smallest absolute Gasteiger partial charge is 0.254 e. The van der Waals surface area contributed by atoms with Crippen molar-refractivity contribution in [3.63, 3.8) is 0 Å². The lowest BCUT2D eigenvalue weighted by atomic mass is 9.86. The monoisotopic (exact) mass is 336 g/mol. The first-order valence-corrected chi connectivity index (χ1v) is 9.73. The number of hydrogen-bond donors (Lipinski definition) is 0. The molecule has 2 aromatic rings. The number of rotatable bonds is 2. The quantitative estimate of drug-likeness (QED) is 0.821. The van der Waals surface area contributed by atoms with Crippen molar-refractivity contribution in [2.75, 3.05) is 26.2 Å². The van der Waals surface area contributed by atoms with Crippen LogP contribution in [0.5, 0.6) is 0 Å². The summed E-state index contributed by atoms with van der Waals surface area (Å²) in [6.45, 7) is 6.13. The average Bonchev–Trinajstić information content (AvgIpc) is 2.67. The molecule has 1 saturated heterocycles. The summed E-state index contributed by atoms with van der Waals surface area (Å²) in [6, 6.07) is 15.0. The summed E-state index contributed by atoms with van der Waals surface area (Å²) in [5.41, 5.74) is 0.845. The molecule has 0 aromatic heterocycles. The SMILES string of the molecule is C[C@H]1CCC[C@@H](N2CCN(C(=O)c3cccc4ccccc34)CC2)C1. The molecular weight excluding hydrogens is 308 g/mol. The summed E-state index contributed by atoms with van der Waals surface area (Å²) >= 11 is 0. The van der Waals surface area contributed by atoms with Crippen molar-refractivity contribution in [3.8, 4) is 0 Å². The molecule has 1 heterocycles. The molecule has 3 heteroatoms. The van der Waals surface area contributed by atoms with E-state index in [2.05, 4.69) is 30.0 Å². The maximum absolute atomic E-state index is 13.1. The third-order valence-corrected chi connectivity index (χ3v) is 6.05. The zero-order valence-electron chi connectivity index (χ0n) is 15.2. The molecule has 2 aromatic carbocycles. The van der Waals surface area contributed by atoms with Gasteiger partial charge in [0.2, 0.25) is 0 Å². The van der Waals surface area contributed by atoms with Gasteiger partial charge in [-0.05, 0) is 35.6 Å². The fourth-order valence-corrected chi connectivity index (χ4v) is 4.61. The maximum atomic E-state index is 13.1. The highest BCUT2D eigenvalue weighted by Crippen LogP contribution is 2.28. The second kappa shape index (κ2) is 7.17. The van der Waals surface area contributed by atoms with Gasteiger partial charge in [0, 0.05) is 37.8 Å². The van der Waals surface area contributed by atoms with Crippen molar-refractivity contribution in [1.29, 1.82) is 0 Å². The van der Waals surface area contributed by atoms with Crippen molar-refractivity contribution in [3.05, 3.63) is 48.0 Å². The van der Waals surface area contributed by atoms with Gasteiger partial charge in [0.25, 0.3) is 5.91 Å². The molecule has 4 rings (SSSR count). The Morgan fingerprint density at radius 3 is 2.52 bits per heavy atom. The zero-order chi connectivity index (χ0) is 17.2. The van der Waals surface area contributed by atoms with E-state index in [0.717, 1.165) is 54.5 Å². The van der Waals surface area contributed by atoms with E-state index in [9.17, 15) is 4.79 Å². The first-order chi connectivity index (χ1) is 12.2. The number of benzene rings is 2. The maximum Gasteiger partial charge on any atom is 0.254 e. The van der Waals surface area contributed by atoms with Crippen LogP contribution in [0.2, 0.25) is 0 Å². The second-order valence-corrected chi connectivity index (χ2v) is 7.78. The molecule has 1 aliphatic carbocycles. The van der Waals surface area contributed by atoms with Gasteiger partial charge < -0.3 is 4.90 Å². The molecule has 0 spiro atoms. The molecule has 1 saturated carbocycles. The predicted octanol–water partition coefficient (Wildman–Crippen LogP) is 4.18. The highest BCUT2D eigenvalue weighted by molar-refractivity contribution is 6.07. The summed E-state index contributed by atoms with van der Waals surface area (Å²) in [4.78, 5) is 17.7. The van der Waals surface area contributed by atoms with Crippen molar-refractivity contribution in [1.82, 2.24) is 9.80 Å². The number of hydrogen-bond acceptors (Lipinski definition) is 2. The molecule has 1 aliphatic heterocycles. The first-order valence-electron chi connectivity index (χ1n) is 9.73. The highest BCUT2D eigenvalue weighted by Gasteiger charge is 2.29. The van der Waals surface area contributed by atoms with Crippen LogP contribution in [0.3, 0.4) is 0 Å². The van der Waals surface area contributed by atoms with E-state index >= 15 is 0 Å². The van der Waals surface area contributed by atoms with Gasteiger partial charge in [0.1, 0.15) is 0 Å². The summed E-state index contributed by atoms with van der Waals surface area (Å²) in [7, 11) is 0. The van der Waals surface area contributed by atoms with Gasteiger partial charge >= 0.3 is 0 Å². The molecule has 2 aliphatic rings. The Bertz CT molecular complexity index is 743. The van der Waals surface area contributed by atoms with Crippen molar-refractivity contribution < 1.29 is 4.79 Å². The number of nitrogens with zero attached hydrogens (tertiary/aromatic N) is 2. The molecule has 0 unspecified atom stereocenters. The van der Waals surface area contributed by atoms with Crippen LogP contribution in [-0.4, -0.2) is 47.9 Å². The van der Waals surface area contributed by atoms with Crippen molar-refractivity contribution in [2.45, 2.75) is 38.6 Å². The van der Waals surface area contributed by atoms with Crippen LogP contribution in [0.4, 0.5) is 0 Å². The lowest BCUT2D eigenvalue weighted by Gasteiger charge is -2.42. The predicted molar refractivity (Wildman–Crippen MR) is 103 cm³/mol. The minimum atomic E-state index is 0.188. The molecular formula is C22H28N2O. The van der Waals surface area contributed by atoms with Gasteiger partial charge in [-0.1, -0.05) is 56.2 Å². The summed E-state index contributed by atoms with van der Waals surface area (Å²) in [6.07, 6.45) is 5.41. The van der Waals surface area contributed by atoms with Crippen LogP contribution >= 0.6 is 0 Å². The molecule has 2 atom stereocenters. The summed E-state index contributed by atoms with van der Waals surface area (Å²) in [5.74, 6) is 1.04. The molecule has 0 radical (unpaired) electrons. The highest BCUT2D eigenvalue weighted by atomic mass is 16.2. The minimum Gasteiger partial charge on any atom is -0.336 e. The second-order valence-electron chi connectivity index (χ2n) is 7.78. The van der Waals surface area contributed by atoms with Crippen LogP contribution in [0.25, 0.3) is 10.8 Å². The Labute approximate surface area is 150 Å². The zero-order valence-corrected chi connectivity index (χ0v) is 15.2. The largest absolute Gasteiger partial charge is 0.336 e. The summed E-state index contributed by atoms with van der Waals surface area (Å²) in [5, 5.41) is 2.21. The third kappa shape index (κ3) is 3.43. The molecule has 132 valence electrons. The van der Waals surface area contributed by atoms with Crippen LogP contribution < -0.4 is 0 Å². The van der Waals surface area contributed by atoms with Gasteiger partial charge in [0.05, 0.1) is 0 Å². The van der Waals surface area contributed by atoms with E-state index in [0.29, 0.717) is 0 Å². The van der Waals surface area contributed by atoms with E-state index in [1.807, 2.05) is 29.2 Å². The minimum absolute atomic E-state index is 0.188. The molecule has 1 amide bonds. The topological polar surface area (TPSA) is 23.6 Å². The number of carbonyl (C=O) groups is 1. The first kappa shape index (κ1) is 16.6. The van der Waals surface area contributed by atoms with Gasteiger partial charge in [-0.25, -0.2) is 0 Å². The molecule has 2 fully saturated rings. The van der Waals surface area contributed by atoms with Crippen LogP contribution in [0.1, 0.15) is 43.0 Å². The van der Waals surface area contributed by atoms with Crippen LogP contribution in [0.15, 0.2) is 42.5 Å². The van der Waals surface area contributed by atoms with Crippen LogP contribution in [0, 0.1) is 5.92 Å². The standard InChI is InChI=1S/C22H28N2O/c1-17-6-4-9-19(16-17)23-12-14-24(15-13-23)22(25)21-11-5-8-18-7-2-3-10-20(18)21/h2-3,5,7-8,10-11,17,19H,4,6,9,12-16H2,1H3/t17-,19+/m0/s1. The van der Waals surface area contributed by atoms with E-state index < -0.39 is 0 Å². The van der Waals surface area contributed by atoms with E-state index in [-0.39, 0.29) is 5.91 Å². The van der Waals surface area contributed by atoms with E-state index in [4.69, 9.17) is 0 Å². The fraction of sp³-hybridized carbons (Fsp3) is 0.500. The van der Waals surface area contributed by atoms with Gasteiger partial charge in [0.15, 0.2) is 0 Å². The Balaban J connectivity index is 1.44. The van der Waals surface area contributed by atoms with Crippen LogP contribution in [-0.2, 0) is 0 Å². The van der Waals surface area contributed by atoms with Gasteiger partial charge in [-0.3, -0.25) is 9.69 Å². The Morgan fingerprint density at radius 2 is 1.72 bits per heavy atom. The molecule has 3 nitrogen and oxygen atoms in total. The number of piperazine rings is 1. The Kier molecular flexibility index (Phi) is 4.76. The Morgan fingerprint density at radius 1 is 0.960 bits per heavy atom. The molecule has 0 N–H and O–H groups in total. The molecule has 25 heavy (non-hydrogen) atoms.